The first-order valence-electron chi connectivity index (χ1n) is 6.70. The van der Waals surface area contributed by atoms with E-state index < -0.39 is 0 Å². The van der Waals surface area contributed by atoms with Gasteiger partial charge in [-0.25, -0.2) is 0 Å². The molecule has 2 aromatic heterocycles. The molecule has 0 bridgehead atoms. The molecule has 2 heterocycles. The van der Waals surface area contributed by atoms with Gasteiger partial charge in [0.05, 0.1) is 6.54 Å². The van der Waals surface area contributed by atoms with Crippen molar-refractivity contribution in [1.29, 1.82) is 0 Å². The predicted molar refractivity (Wildman–Crippen MR) is 81.5 cm³/mol. The van der Waals surface area contributed by atoms with Crippen LogP contribution in [0.1, 0.15) is 10.5 Å². The lowest BCUT2D eigenvalue weighted by Crippen LogP contribution is -2.27. The summed E-state index contributed by atoms with van der Waals surface area (Å²) in [7, 11) is 0. The summed E-state index contributed by atoms with van der Waals surface area (Å²) in [4.78, 5) is 12.0. The monoisotopic (exact) mass is 316 g/mol. The third-order valence-electron chi connectivity index (χ3n) is 3.04. The van der Waals surface area contributed by atoms with E-state index in [1.807, 2.05) is 24.4 Å². The molecule has 1 aromatic carbocycles. The normalized spacial score (nSPS) is 10.6. The minimum absolute atomic E-state index is 0.232. The van der Waals surface area contributed by atoms with Crippen molar-refractivity contribution in [1.82, 2.24) is 20.3 Å². The van der Waals surface area contributed by atoms with Gasteiger partial charge in [0.25, 0.3) is 5.91 Å². The van der Waals surface area contributed by atoms with E-state index in [9.17, 15) is 4.79 Å². The Morgan fingerprint density at radius 2 is 2.23 bits per heavy atom. The zero-order chi connectivity index (χ0) is 15.4. The molecule has 0 spiro atoms. The predicted octanol–water partition coefficient (Wildman–Crippen LogP) is 2.62. The molecule has 0 unspecified atom stereocenters. The lowest BCUT2D eigenvalue weighted by atomic mass is 10.1. The summed E-state index contributed by atoms with van der Waals surface area (Å²) in [5, 5.41) is 11.2. The molecule has 22 heavy (non-hydrogen) atoms. The molecule has 0 aliphatic heterocycles. The van der Waals surface area contributed by atoms with Gasteiger partial charge in [0.2, 0.25) is 0 Å². The highest BCUT2D eigenvalue weighted by Gasteiger charge is 2.13. The van der Waals surface area contributed by atoms with Crippen molar-refractivity contribution in [2.24, 2.45) is 0 Å². The maximum Gasteiger partial charge on any atom is 0.273 e. The lowest BCUT2D eigenvalue weighted by molar-refractivity contribution is 0.0943. The molecule has 1 amide bonds. The van der Waals surface area contributed by atoms with E-state index >= 15 is 0 Å². The lowest BCUT2D eigenvalue weighted by Gasteiger charge is -2.02. The van der Waals surface area contributed by atoms with Crippen LogP contribution < -0.4 is 5.32 Å². The van der Waals surface area contributed by atoms with Crippen molar-refractivity contribution in [3.05, 3.63) is 59.5 Å². The van der Waals surface area contributed by atoms with Crippen LogP contribution in [-0.4, -0.2) is 27.4 Å². The maximum absolute atomic E-state index is 12.0. The number of nitrogens with one attached hydrogen (secondary N) is 1. The second kappa shape index (κ2) is 6.44. The Morgan fingerprint density at radius 1 is 1.32 bits per heavy atom. The van der Waals surface area contributed by atoms with E-state index in [1.54, 1.807) is 29.1 Å². The molecule has 0 radical (unpaired) electrons. The van der Waals surface area contributed by atoms with Crippen molar-refractivity contribution < 1.29 is 9.32 Å². The van der Waals surface area contributed by atoms with E-state index in [4.69, 9.17) is 16.1 Å². The van der Waals surface area contributed by atoms with Gasteiger partial charge in [-0.15, -0.1) is 0 Å². The summed E-state index contributed by atoms with van der Waals surface area (Å²) in [6.07, 6.45) is 3.52. The van der Waals surface area contributed by atoms with Gasteiger partial charge >= 0.3 is 0 Å². The molecular formula is C15H13ClN4O2. The van der Waals surface area contributed by atoms with Gasteiger partial charge in [-0.05, 0) is 18.2 Å². The van der Waals surface area contributed by atoms with Crippen LogP contribution in [0.15, 0.2) is 53.3 Å². The number of halogens is 1. The summed E-state index contributed by atoms with van der Waals surface area (Å²) >= 11 is 5.93. The molecule has 0 saturated heterocycles. The van der Waals surface area contributed by atoms with Crippen LogP contribution in [-0.2, 0) is 6.54 Å². The number of rotatable bonds is 5. The van der Waals surface area contributed by atoms with Crippen molar-refractivity contribution in [2.45, 2.75) is 6.54 Å². The first-order chi connectivity index (χ1) is 10.7. The molecule has 6 nitrogen and oxygen atoms in total. The third kappa shape index (κ3) is 3.35. The Labute approximate surface area is 131 Å². The first kappa shape index (κ1) is 14.3. The number of hydrogen-bond acceptors (Lipinski definition) is 4. The molecule has 0 atom stereocenters. The average molecular weight is 317 g/mol. The van der Waals surface area contributed by atoms with E-state index in [1.165, 1.54) is 0 Å². The Morgan fingerprint density at radius 3 is 3.00 bits per heavy atom. The van der Waals surface area contributed by atoms with Gasteiger partial charge in [-0.1, -0.05) is 28.9 Å². The smallest absolute Gasteiger partial charge is 0.273 e. The van der Waals surface area contributed by atoms with Crippen LogP contribution in [0, 0.1) is 0 Å². The van der Waals surface area contributed by atoms with Crippen molar-refractivity contribution in [3.63, 3.8) is 0 Å². The fraction of sp³-hybridized carbons (Fsp3) is 0.133. The van der Waals surface area contributed by atoms with Crippen LogP contribution in [0.4, 0.5) is 0 Å². The van der Waals surface area contributed by atoms with E-state index in [-0.39, 0.29) is 11.6 Å². The number of aromatic nitrogens is 3. The van der Waals surface area contributed by atoms with Crippen molar-refractivity contribution in [3.8, 4) is 11.3 Å². The Balaban J connectivity index is 1.62. The van der Waals surface area contributed by atoms with Gasteiger partial charge in [-0.2, -0.15) is 5.10 Å². The van der Waals surface area contributed by atoms with E-state index in [0.29, 0.717) is 23.9 Å². The fourth-order valence-electron chi connectivity index (χ4n) is 1.97. The quantitative estimate of drug-likeness (QED) is 0.785. The number of amides is 1. The molecule has 3 aromatic rings. The van der Waals surface area contributed by atoms with Crippen molar-refractivity contribution in [2.75, 3.05) is 6.54 Å². The summed E-state index contributed by atoms with van der Waals surface area (Å²) < 4.78 is 6.93. The zero-order valence-corrected chi connectivity index (χ0v) is 12.3. The second-order valence-electron chi connectivity index (χ2n) is 4.61. The molecule has 1 N–H and O–H groups in total. The molecule has 7 heteroatoms. The highest BCUT2D eigenvalue weighted by Crippen LogP contribution is 2.23. The summed E-state index contributed by atoms with van der Waals surface area (Å²) in [5.41, 5.74) is 1.01. The fourth-order valence-corrected chi connectivity index (χ4v) is 2.16. The molecule has 0 aliphatic rings. The minimum Gasteiger partial charge on any atom is -0.355 e. The number of benzene rings is 1. The van der Waals surface area contributed by atoms with Gasteiger partial charge in [0.1, 0.15) is 0 Å². The van der Waals surface area contributed by atoms with Crippen LogP contribution >= 0.6 is 11.6 Å². The molecular weight excluding hydrogens is 304 g/mol. The zero-order valence-electron chi connectivity index (χ0n) is 11.6. The van der Waals surface area contributed by atoms with Crippen LogP contribution in [0.3, 0.4) is 0 Å². The Hall–Kier alpha value is -2.60. The highest BCUT2D eigenvalue weighted by molar-refractivity contribution is 6.30. The molecule has 3 rings (SSSR count). The Kier molecular flexibility index (Phi) is 4.20. The number of hydrogen-bond donors (Lipinski definition) is 1. The summed E-state index contributed by atoms with van der Waals surface area (Å²) in [6, 6.07) is 10.6. The van der Waals surface area contributed by atoms with Gasteiger partial charge < -0.3 is 9.84 Å². The molecule has 112 valence electrons. The van der Waals surface area contributed by atoms with E-state index in [0.717, 1.165) is 5.56 Å². The van der Waals surface area contributed by atoms with Gasteiger partial charge in [0.15, 0.2) is 11.5 Å². The number of nitrogens with zero attached hydrogens (tertiary/aromatic N) is 3. The van der Waals surface area contributed by atoms with Gasteiger partial charge in [0, 0.05) is 35.6 Å². The molecule has 0 saturated carbocycles. The summed E-state index contributed by atoms with van der Waals surface area (Å²) in [6.45, 7) is 1.05. The van der Waals surface area contributed by atoms with Crippen LogP contribution in [0.25, 0.3) is 11.3 Å². The van der Waals surface area contributed by atoms with E-state index in [2.05, 4.69) is 15.6 Å². The standard InChI is InChI=1S/C15H13ClN4O2/c16-12-4-1-3-11(9-12)14-10-13(19-22-14)15(21)17-6-8-20-7-2-5-18-20/h1-5,7,9-10H,6,8H2,(H,17,21). The largest absolute Gasteiger partial charge is 0.355 e. The number of carbonyl (C=O) groups excluding carboxylic acids is 1. The number of carbonyl (C=O) groups is 1. The highest BCUT2D eigenvalue weighted by atomic mass is 35.5. The molecule has 0 fully saturated rings. The van der Waals surface area contributed by atoms with Crippen LogP contribution in [0.2, 0.25) is 5.02 Å². The minimum atomic E-state index is -0.288. The van der Waals surface area contributed by atoms with Crippen molar-refractivity contribution >= 4 is 17.5 Å². The Bertz CT molecular complexity index is 767. The maximum atomic E-state index is 12.0. The average Bonchev–Trinajstić information content (AvgIpc) is 3.19. The third-order valence-corrected chi connectivity index (χ3v) is 3.27. The topological polar surface area (TPSA) is 73.0 Å². The first-order valence-corrected chi connectivity index (χ1v) is 7.08. The van der Waals surface area contributed by atoms with Crippen LogP contribution in [0.5, 0.6) is 0 Å². The molecule has 0 aliphatic carbocycles. The SMILES string of the molecule is O=C(NCCn1cccn1)c1cc(-c2cccc(Cl)c2)on1. The summed E-state index contributed by atoms with van der Waals surface area (Å²) in [5.74, 6) is 0.212. The second-order valence-corrected chi connectivity index (χ2v) is 5.05. The van der Waals surface area contributed by atoms with Gasteiger partial charge in [-0.3, -0.25) is 9.48 Å².